The summed E-state index contributed by atoms with van der Waals surface area (Å²) in [5.74, 6) is 0. The van der Waals surface area contributed by atoms with Gasteiger partial charge in [-0.15, -0.1) is 12.4 Å². The summed E-state index contributed by atoms with van der Waals surface area (Å²) < 4.78 is 21.4. The zero-order valence-corrected chi connectivity index (χ0v) is 8.71. The maximum Gasteiger partial charge on any atom is 0.264 e. The number of pyridine rings is 1. The predicted molar refractivity (Wildman–Crippen MR) is 49.5 cm³/mol. The van der Waals surface area contributed by atoms with E-state index in [2.05, 4.69) is 4.98 Å². The fourth-order valence-corrected chi connectivity index (χ4v) is 1.93. The molecule has 0 spiro atoms. The molecule has 7 heteroatoms. The van der Waals surface area contributed by atoms with Crippen molar-refractivity contribution < 1.29 is 8.42 Å². The molecule has 0 saturated heterocycles. The molecule has 1 aromatic heterocycles. The number of rotatable bonds is 1. The third kappa shape index (κ3) is 2.79. The lowest BCUT2D eigenvalue weighted by atomic mass is 10.5. The Labute approximate surface area is 85.5 Å². The van der Waals surface area contributed by atoms with Crippen LogP contribution in [0.5, 0.6) is 0 Å². The summed E-state index contributed by atoms with van der Waals surface area (Å²) in [4.78, 5) is 3.40. The highest BCUT2D eigenvalue weighted by Gasteiger charge is 2.13. The second-order valence-electron chi connectivity index (χ2n) is 1.74. The lowest BCUT2D eigenvalue weighted by Gasteiger charge is -1.95. The molecule has 0 amide bonds. The van der Waals surface area contributed by atoms with E-state index < -0.39 is 9.05 Å². The maximum absolute atomic E-state index is 10.7. The normalized spacial score (nSPS) is 10.5. The van der Waals surface area contributed by atoms with E-state index in [0.717, 1.165) is 6.20 Å². The first-order valence-electron chi connectivity index (χ1n) is 2.56. The van der Waals surface area contributed by atoms with E-state index in [9.17, 15) is 8.42 Å². The van der Waals surface area contributed by atoms with Crippen LogP contribution in [0.25, 0.3) is 0 Å². The minimum atomic E-state index is -3.76. The Morgan fingerprint density at radius 3 is 2.33 bits per heavy atom. The van der Waals surface area contributed by atoms with Crippen LogP contribution in [-0.4, -0.2) is 13.4 Å². The van der Waals surface area contributed by atoms with Crippen molar-refractivity contribution in [2.75, 3.05) is 0 Å². The molecule has 0 saturated carbocycles. The third-order valence-corrected chi connectivity index (χ3v) is 2.79. The Kier molecular flexibility index (Phi) is 4.26. The SMILES string of the molecule is Cl.O=S(=O)(Cl)c1cnccc1Cl. The van der Waals surface area contributed by atoms with Crippen LogP contribution >= 0.6 is 34.7 Å². The Morgan fingerprint density at radius 1 is 1.42 bits per heavy atom. The van der Waals surface area contributed by atoms with Gasteiger partial charge in [-0.2, -0.15) is 0 Å². The number of aromatic nitrogens is 1. The standard InChI is InChI=1S/C5H3Cl2NO2S.ClH/c6-4-1-2-8-3-5(4)11(7,9)10;/h1-3H;1H. The summed E-state index contributed by atoms with van der Waals surface area (Å²) >= 11 is 5.51. The van der Waals surface area contributed by atoms with E-state index in [1.807, 2.05) is 0 Å². The zero-order chi connectivity index (χ0) is 8.48. The van der Waals surface area contributed by atoms with Gasteiger partial charge in [0.05, 0.1) is 5.02 Å². The van der Waals surface area contributed by atoms with Crippen molar-refractivity contribution in [3.63, 3.8) is 0 Å². The van der Waals surface area contributed by atoms with Crippen LogP contribution < -0.4 is 0 Å². The van der Waals surface area contributed by atoms with Gasteiger partial charge in [0.2, 0.25) is 0 Å². The van der Waals surface area contributed by atoms with E-state index in [0.29, 0.717) is 0 Å². The topological polar surface area (TPSA) is 47.0 Å². The molecule has 0 aliphatic heterocycles. The van der Waals surface area contributed by atoms with Crippen molar-refractivity contribution in [1.82, 2.24) is 4.98 Å². The fraction of sp³-hybridized carbons (Fsp3) is 0. The quantitative estimate of drug-likeness (QED) is 0.715. The van der Waals surface area contributed by atoms with Crippen LogP contribution in [0.15, 0.2) is 23.4 Å². The largest absolute Gasteiger partial charge is 0.264 e. The van der Waals surface area contributed by atoms with Gasteiger partial charge in [0, 0.05) is 23.1 Å². The van der Waals surface area contributed by atoms with Crippen molar-refractivity contribution in [3.8, 4) is 0 Å². The van der Waals surface area contributed by atoms with Gasteiger partial charge in [0.15, 0.2) is 0 Å². The van der Waals surface area contributed by atoms with Crippen LogP contribution in [0.2, 0.25) is 5.02 Å². The summed E-state index contributed by atoms with van der Waals surface area (Å²) in [6.45, 7) is 0. The lowest BCUT2D eigenvalue weighted by molar-refractivity contribution is 0.609. The summed E-state index contributed by atoms with van der Waals surface area (Å²) in [5, 5.41) is 0.0787. The van der Waals surface area contributed by atoms with Gasteiger partial charge < -0.3 is 0 Å². The molecular formula is C5H4Cl3NO2S. The van der Waals surface area contributed by atoms with Gasteiger partial charge in [-0.25, -0.2) is 8.42 Å². The third-order valence-electron chi connectivity index (χ3n) is 0.997. The van der Waals surface area contributed by atoms with E-state index in [1.165, 1.54) is 12.3 Å². The Morgan fingerprint density at radius 2 is 2.00 bits per heavy atom. The molecule has 1 aromatic rings. The molecule has 1 heterocycles. The number of nitrogens with zero attached hydrogens (tertiary/aromatic N) is 1. The summed E-state index contributed by atoms with van der Waals surface area (Å²) in [7, 11) is 1.26. The minimum absolute atomic E-state index is 0. The van der Waals surface area contributed by atoms with Gasteiger partial charge in [0.1, 0.15) is 4.90 Å². The molecule has 1 rings (SSSR count). The molecular weight excluding hydrogens is 244 g/mol. The molecule has 12 heavy (non-hydrogen) atoms. The molecule has 0 radical (unpaired) electrons. The van der Waals surface area contributed by atoms with E-state index in [4.69, 9.17) is 22.3 Å². The molecule has 68 valence electrons. The second kappa shape index (κ2) is 4.28. The van der Waals surface area contributed by atoms with Crippen molar-refractivity contribution in [1.29, 1.82) is 0 Å². The molecule has 3 nitrogen and oxygen atoms in total. The molecule has 0 aromatic carbocycles. The van der Waals surface area contributed by atoms with Crippen molar-refractivity contribution in [3.05, 3.63) is 23.5 Å². The monoisotopic (exact) mass is 247 g/mol. The Hall–Kier alpha value is -0.0300. The first-order chi connectivity index (χ1) is 5.02. The second-order valence-corrected chi connectivity index (χ2v) is 4.69. The number of hydrogen-bond donors (Lipinski definition) is 0. The number of hydrogen-bond acceptors (Lipinski definition) is 3. The average Bonchev–Trinajstić information content (AvgIpc) is 1.86. The zero-order valence-electron chi connectivity index (χ0n) is 5.57. The lowest BCUT2D eigenvalue weighted by Crippen LogP contribution is -1.91. The Bertz CT molecular complexity index is 365. The van der Waals surface area contributed by atoms with E-state index in [1.54, 1.807) is 0 Å². The molecule has 0 aliphatic rings. The first-order valence-corrected chi connectivity index (χ1v) is 5.25. The molecule has 0 unspecified atom stereocenters. The van der Waals surface area contributed by atoms with Gasteiger partial charge in [-0.05, 0) is 6.07 Å². The minimum Gasteiger partial charge on any atom is -0.263 e. The molecule has 0 atom stereocenters. The van der Waals surface area contributed by atoms with Crippen molar-refractivity contribution in [2.45, 2.75) is 4.90 Å². The predicted octanol–water partition coefficient (Wildman–Crippen LogP) is 2.08. The summed E-state index contributed by atoms with van der Waals surface area (Å²) in [5.41, 5.74) is 0. The number of halogens is 3. The highest BCUT2D eigenvalue weighted by Crippen LogP contribution is 2.22. The van der Waals surface area contributed by atoms with Crippen LogP contribution in [0, 0.1) is 0 Å². The summed E-state index contributed by atoms with van der Waals surface area (Å²) in [6.07, 6.45) is 2.48. The highest BCUT2D eigenvalue weighted by molar-refractivity contribution is 8.13. The molecule has 0 bridgehead atoms. The van der Waals surface area contributed by atoms with Crippen molar-refractivity contribution in [2.24, 2.45) is 0 Å². The Balaban J connectivity index is 0.00000121. The fourth-order valence-electron chi connectivity index (χ4n) is 0.542. The maximum atomic E-state index is 10.7. The molecule has 0 aliphatic carbocycles. The van der Waals surface area contributed by atoms with Crippen LogP contribution in [0.1, 0.15) is 0 Å². The van der Waals surface area contributed by atoms with Crippen molar-refractivity contribution >= 4 is 43.7 Å². The highest BCUT2D eigenvalue weighted by atomic mass is 35.7. The van der Waals surface area contributed by atoms with E-state index >= 15 is 0 Å². The van der Waals surface area contributed by atoms with E-state index in [-0.39, 0.29) is 22.3 Å². The van der Waals surface area contributed by atoms with Gasteiger partial charge >= 0.3 is 0 Å². The van der Waals surface area contributed by atoms with Gasteiger partial charge in [0.25, 0.3) is 9.05 Å². The molecule has 0 N–H and O–H groups in total. The van der Waals surface area contributed by atoms with Crippen LogP contribution in [0.3, 0.4) is 0 Å². The smallest absolute Gasteiger partial charge is 0.263 e. The molecule has 0 fully saturated rings. The average molecular weight is 249 g/mol. The van der Waals surface area contributed by atoms with Crippen LogP contribution in [-0.2, 0) is 9.05 Å². The first kappa shape index (κ1) is 12.0. The summed E-state index contributed by atoms with van der Waals surface area (Å²) in [6, 6.07) is 1.36. The van der Waals surface area contributed by atoms with Gasteiger partial charge in [-0.3, -0.25) is 4.98 Å². The van der Waals surface area contributed by atoms with Gasteiger partial charge in [-0.1, -0.05) is 11.6 Å². The van der Waals surface area contributed by atoms with Crippen LogP contribution in [0.4, 0.5) is 0 Å².